The fourth-order valence-electron chi connectivity index (χ4n) is 7.29. The van der Waals surface area contributed by atoms with Crippen molar-refractivity contribution in [2.24, 2.45) is 4.99 Å². The van der Waals surface area contributed by atoms with Gasteiger partial charge in [0.25, 0.3) is 0 Å². The van der Waals surface area contributed by atoms with E-state index in [0.717, 1.165) is 77.4 Å². The van der Waals surface area contributed by atoms with Gasteiger partial charge in [-0.25, -0.2) is 4.99 Å². The highest BCUT2D eigenvalue weighted by Crippen LogP contribution is 2.40. The van der Waals surface area contributed by atoms with Crippen LogP contribution in [0.4, 0.5) is 0 Å². The second-order valence-corrected chi connectivity index (χ2v) is 12.2. The fourth-order valence-corrected chi connectivity index (χ4v) is 7.29. The van der Waals surface area contributed by atoms with Gasteiger partial charge in [0, 0.05) is 38.9 Å². The van der Waals surface area contributed by atoms with Crippen LogP contribution < -0.4 is 10.6 Å². The Morgan fingerprint density at radius 2 is 1.31 bits per heavy atom. The van der Waals surface area contributed by atoms with Gasteiger partial charge in [-0.3, -0.25) is 10.3 Å². The number of nitrogens with one attached hydrogen (secondary N) is 2. The van der Waals surface area contributed by atoms with Gasteiger partial charge >= 0.3 is 0 Å². The number of furan rings is 2. The van der Waals surface area contributed by atoms with E-state index in [-0.39, 0.29) is 12.3 Å². The topological polar surface area (TPSA) is 75.6 Å². The van der Waals surface area contributed by atoms with Gasteiger partial charge in [-0.1, -0.05) is 103 Å². The molecule has 1 aliphatic rings. The highest BCUT2D eigenvalue weighted by molar-refractivity contribution is 6.15. The Morgan fingerprint density at radius 3 is 2.25 bits per heavy atom. The van der Waals surface area contributed by atoms with E-state index in [9.17, 15) is 0 Å². The van der Waals surface area contributed by atoms with Crippen molar-refractivity contribution in [1.82, 2.24) is 15.6 Å². The highest BCUT2D eigenvalue weighted by atomic mass is 16.3. The minimum atomic E-state index is -0.296. The molecule has 0 saturated carbocycles. The zero-order valence-electron chi connectivity index (χ0n) is 25.7. The van der Waals surface area contributed by atoms with Crippen molar-refractivity contribution in [2.45, 2.75) is 12.3 Å². The molecule has 2 N–H and O–H groups in total. The number of para-hydroxylation sites is 1. The van der Waals surface area contributed by atoms with Crippen LogP contribution in [0.15, 0.2) is 160 Å². The molecule has 2 unspecified atom stereocenters. The number of aliphatic imine (C=N–C) groups is 1. The minimum absolute atomic E-state index is 0.227. The monoisotopic (exact) mass is 620 g/mol. The molecular formula is C42H28N4O2. The molecule has 0 aliphatic carbocycles. The normalized spacial score (nSPS) is 16.5. The van der Waals surface area contributed by atoms with Crippen LogP contribution in [0.25, 0.3) is 65.8 Å². The molecule has 6 aromatic carbocycles. The average molecular weight is 621 g/mol. The predicted molar refractivity (Wildman–Crippen MR) is 193 cm³/mol. The number of fused-ring (bicyclic) bond motifs is 7. The van der Waals surface area contributed by atoms with Crippen LogP contribution in [-0.2, 0) is 0 Å². The quantitative estimate of drug-likeness (QED) is 0.205. The van der Waals surface area contributed by atoms with Crippen molar-refractivity contribution in [1.29, 1.82) is 0 Å². The lowest BCUT2D eigenvalue weighted by atomic mass is 9.93. The van der Waals surface area contributed by atoms with E-state index in [1.54, 1.807) is 6.20 Å². The second-order valence-electron chi connectivity index (χ2n) is 12.2. The van der Waals surface area contributed by atoms with E-state index in [1.807, 2.05) is 60.8 Å². The zero-order chi connectivity index (χ0) is 31.6. The van der Waals surface area contributed by atoms with Crippen LogP contribution >= 0.6 is 0 Å². The average Bonchev–Trinajstić information content (AvgIpc) is 3.73. The summed E-state index contributed by atoms with van der Waals surface area (Å²) in [5, 5.41) is 14.2. The SMILES string of the molecule is c1ccc(C2=NC(c3ccc4c(-c5cccc6oc7ccccc7c56)cccc4c3)NC(c3cccc4oc5cnccc5c34)N2)cc1. The van der Waals surface area contributed by atoms with E-state index >= 15 is 0 Å². The van der Waals surface area contributed by atoms with Crippen molar-refractivity contribution >= 4 is 60.5 Å². The van der Waals surface area contributed by atoms with E-state index in [0.29, 0.717) is 0 Å². The molecule has 0 saturated heterocycles. The van der Waals surface area contributed by atoms with Crippen LogP contribution in [0.2, 0.25) is 0 Å². The molecule has 6 heteroatoms. The number of rotatable bonds is 4. The van der Waals surface area contributed by atoms with Gasteiger partial charge in [0.05, 0.1) is 6.20 Å². The molecule has 1 aliphatic heterocycles. The maximum atomic E-state index is 6.23. The molecule has 9 aromatic rings. The van der Waals surface area contributed by atoms with Crippen molar-refractivity contribution in [3.8, 4) is 11.1 Å². The molecule has 2 atom stereocenters. The third-order valence-corrected chi connectivity index (χ3v) is 9.47. The van der Waals surface area contributed by atoms with Gasteiger partial charge in [-0.05, 0) is 57.8 Å². The van der Waals surface area contributed by atoms with Crippen molar-refractivity contribution < 1.29 is 8.83 Å². The third kappa shape index (κ3) is 4.24. The minimum Gasteiger partial charge on any atom is -0.456 e. The van der Waals surface area contributed by atoms with E-state index in [2.05, 4.69) is 94.5 Å². The summed E-state index contributed by atoms with van der Waals surface area (Å²) in [6.45, 7) is 0. The van der Waals surface area contributed by atoms with Crippen molar-refractivity contribution in [2.75, 3.05) is 0 Å². The van der Waals surface area contributed by atoms with Gasteiger partial charge in [0.2, 0.25) is 0 Å². The summed E-state index contributed by atoms with van der Waals surface area (Å²) >= 11 is 0. The number of hydrogen-bond donors (Lipinski definition) is 2. The molecule has 0 radical (unpaired) electrons. The Labute approximate surface area is 275 Å². The van der Waals surface area contributed by atoms with E-state index < -0.39 is 0 Å². The summed E-state index contributed by atoms with van der Waals surface area (Å²) in [7, 11) is 0. The summed E-state index contributed by atoms with van der Waals surface area (Å²) in [4.78, 5) is 9.51. The number of aromatic nitrogens is 1. The number of amidine groups is 1. The Hall–Kier alpha value is -6.24. The van der Waals surface area contributed by atoms with Crippen LogP contribution in [-0.4, -0.2) is 10.8 Å². The molecule has 4 heterocycles. The lowest BCUT2D eigenvalue weighted by Crippen LogP contribution is -2.45. The first-order valence-electron chi connectivity index (χ1n) is 16.1. The maximum absolute atomic E-state index is 6.23. The van der Waals surface area contributed by atoms with Crippen molar-refractivity contribution in [3.63, 3.8) is 0 Å². The Morgan fingerprint density at radius 1 is 0.562 bits per heavy atom. The molecule has 3 aromatic heterocycles. The van der Waals surface area contributed by atoms with Crippen LogP contribution in [0.3, 0.4) is 0 Å². The van der Waals surface area contributed by atoms with Crippen LogP contribution in [0.5, 0.6) is 0 Å². The zero-order valence-corrected chi connectivity index (χ0v) is 25.7. The first-order valence-corrected chi connectivity index (χ1v) is 16.1. The van der Waals surface area contributed by atoms with E-state index in [4.69, 9.17) is 13.8 Å². The van der Waals surface area contributed by atoms with Gasteiger partial charge < -0.3 is 14.2 Å². The molecule has 6 nitrogen and oxygen atoms in total. The number of pyridine rings is 1. The standard InChI is InChI=1S/C42H28N4O2/c1-2-9-25(10-3-1)40-44-41(46-42(45-40)33-15-8-18-36-39(33)32-21-22-43-24-37(32)48-36)27-19-20-28-26(23-27)11-6-13-29(28)30-14-7-17-35-38(30)31-12-4-5-16-34(31)47-35/h1-24,41-42,46H,(H,44,45). The molecule has 10 rings (SSSR count). The number of benzene rings is 6. The summed E-state index contributed by atoms with van der Waals surface area (Å²) in [6, 6.07) is 46.3. The molecular weight excluding hydrogens is 592 g/mol. The largest absolute Gasteiger partial charge is 0.456 e. The van der Waals surface area contributed by atoms with E-state index in [1.165, 1.54) is 10.9 Å². The molecule has 0 amide bonds. The van der Waals surface area contributed by atoms with Gasteiger partial charge in [-0.15, -0.1) is 0 Å². The van der Waals surface area contributed by atoms with Crippen molar-refractivity contribution in [3.05, 3.63) is 163 Å². The predicted octanol–water partition coefficient (Wildman–Crippen LogP) is 10.0. The summed E-state index contributed by atoms with van der Waals surface area (Å²) in [5.41, 5.74) is 8.94. The lowest BCUT2D eigenvalue weighted by molar-refractivity contribution is 0.411. The molecule has 0 spiro atoms. The van der Waals surface area contributed by atoms with Crippen LogP contribution in [0, 0.1) is 0 Å². The fraction of sp³-hybridized carbons (Fsp3) is 0.0476. The molecule has 0 bridgehead atoms. The Bertz CT molecular complexity index is 2710. The Balaban J connectivity index is 1.10. The lowest BCUT2D eigenvalue weighted by Gasteiger charge is -2.32. The number of nitrogens with zero attached hydrogens (tertiary/aromatic N) is 2. The van der Waals surface area contributed by atoms with Gasteiger partial charge in [0.15, 0.2) is 5.58 Å². The Kier molecular flexibility index (Phi) is 5.98. The summed E-state index contributed by atoms with van der Waals surface area (Å²) < 4.78 is 12.4. The first kappa shape index (κ1) is 26.9. The molecule has 0 fully saturated rings. The third-order valence-electron chi connectivity index (χ3n) is 9.47. The maximum Gasteiger partial charge on any atom is 0.153 e. The van der Waals surface area contributed by atoms with Gasteiger partial charge in [0.1, 0.15) is 34.9 Å². The highest BCUT2D eigenvalue weighted by Gasteiger charge is 2.28. The summed E-state index contributed by atoms with van der Waals surface area (Å²) in [5.74, 6) is 0.836. The molecule has 48 heavy (non-hydrogen) atoms. The first-order chi connectivity index (χ1) is 23.8. The molecule has 228 valence electrons. The van der Waals surface area contributed by atoms with Gasteiger partial charge in [-0.2, -0.15) is 0 Å². The second kappa shape index (κ2) is 10.7. The van der Waals surface area contributed by atoms with Crippen LogP contribution in [0.1, 0.15) is 29.0 Å². The number of hydrogen-bond acceptors (Lipinski definition) is 6. The smallest absolute Gasteiger partial charge is 0.153 e. The summed E-state index contributed by atoms with van der Waals surface area (Å²) in [6.07, 6.45) is 3.07.